The fraction of sp³-hybridized carbons (Fsp3) is 0.350. The van der Waals surface area contributed by atoms with Crippen LogP contribution in [-0.2, 0) is 13.1 Å². The van der Waals surface area contributed by atoms with Crippen molar-refractivity contribution in [2.75, 3.05) is 19.0 Å². The largest absolute Gasteiger partial charge is 0.493 e. The first-order valence-electron chi connectivity index (χ1n) is 8.70. The lowest BCUT2D eigenvalue weighted by Crippen LogP contribution is -2.40. The Morgan fingerprint density at radius 1 is 1.20 bits per heavy atom. The molecule has 2 aliphatic heterocycles. The number of carbonyl (C=O) groups is 1. The molecule has 5 nitrogen and oxygen atoms in total. The molecule has 130 valence electrons. The van der Waals surface area contributed by atoms with E-state index in [2.05, 4.69) is 40.8 Å². The molecule has 0 fully saturated rings. The van der Waals surface area contributed by atoms with Crippen LogP contribution in [0.3, 0.4) is 0 Å². The van der Waals surface area contributed by atoms with Gasteiger partial charge in [-0.1, -0.05) is 24.3 Å². The first kappa shape index (κ1) is 16.0. The molecule has 0 aromatic heterocycles. The third-order valence-electron chi connectivity index (χ3n) is 5.04. The number of ether oxygens (including phenoxy) is 1. The summed E-state index contributed by atoms with van der Waals surface area (Å²) in [6.07, 6.45) is 0. The van der Waals surface area contributed by atoms with E-state index in [0.717, 1.165) is 30.1 Å². The van der Waals surface area contributed by atoms with Gasteiger partial charge in [0.15, 0.2) is 0 Å². The Morgan fingerprint density at radius 2 is 2.00 bits per heavy atom. The highest BCUT2D eigenvalue weighted by Gasteiger charge is 2.29. The lowest BCUT2D eigenvalue weighted by molar-refractivity contribution is 0.244. The van der Waals surface area contributed by atoms with Gasteiger partial charge in [0.25, 0.3) is 0 Å². The van der Waals surface area contributed by atoms with Crippen LogP contribution >= 0.6 is 0 Å². The van der Waals surface area contributed by atoms with Crippen LogP contribution in [-0.4, -0.2) is 30.6 Å². The van der Waals surface area contributed by atoms with Gasteiger partial charge in [0, 0.05) is 36.3 Å². The van der Waals surface area contributed by atoms with Crippen molar-refractivity contribution in [1.82, 2.24) is 10.2 Å². The van der Waals surface area contributed by atoms with Gasteiger partial charge >= 0.3 is 6.03 Å². The van der Waals surface area contributed by atoms with Crippen LogP contribution in [0.25, 0.3) is 0 Å². The standard InChI is InChI=1S/C20H23N3O2/c1-13(18-12-25-19-6-4-3-5-17(18)19)21-20(24)22-16-8-7-14-10-23(2)11-15(14)9-16/h3-9,13,18H,10-12H2,1-2H3,(H2,21,22,24). The molecule has 0 saturated carbocycles. The summed E-state index contributed by atoms with van der Waals surface area (Å²) in [7, 11) is 2.10. The summed E-state index contributed by atoms with van der Waals surface area (Å²) in [5.74, 6) is 1.10. The second-order valence-corrected chi connectivity index (χ2v) is 7.00. The van der Waals surface area contributed by atoms with E-state index in [9.17, 15) is 4.79 Å². The first-order chi connectivity index (χ1) is 12.1. The van der Waals surface area contributed by atoms with E-state index in [-0.39, 0.29) is 18.0 Å². The molecule has 0 saturated heterocycles. The summed E-state index contributed by atoms with van der Waals surface area (Å²) in [5, 5.41) is 6.00. The van der Waals surface area contributed by atoms with Crippen LogP contribution < -0.4 is 15.4 Å². The van der Waals surface area contributed by atoms with Crippen LogP contribution in [0, 0.1) is 0 Å². The van der Waals surface area contributed by atoms with Crippen LogP contribution in [0.2, 0.25) is 0 Å². The Hall–Kier alpha value is -2.53. The molecule has 2 aromatic carbocycles. The summed E-state index contributed by atoms with van der Waals surface area (Å²) in [6, 6.07) is 14.0. The summed E-state index contributed by atoms with van der Waals surface area (Å²) < 4.78 is 5.72. The Balaban J connectivity index is 1.39. The number of hydrogen-bond donors (Lipinski definition) is 2. The molecular weight excluding hydrogens is 314 g/mol. The Bertz CT molecular complexity index is 805. The Labute approximate surface area is 148 Å². The molecule has 5 heteroatoms. The highest BCUT2D eigenvalue weighted by molar-refractivity contribution is 5.89. The minimum atomic E-state index is -0.178. The summed E-state index contributed by atoms with van der Waals surface area (Å²) in [4.78, 5) is 14.6. The summed E-state index contributed by atoms with van der Waals surface area (Å²) >= 11 is 0. The third kappa shape index (κ3) is 3.20. The molecule has 2 aromatic rings. The summed E-state index contributed by atoms with van der Waals surface area (Å²) in [5.41, 5.74) is 4.62. The number of amides is 2. The van der Waals surface area contributed by atoms with Crippen molar-refractivity contribution >= 4 is 11.7 Å². The van der Waals surface area contributed by atoms with Gasteiger partial charge in [0.1, 0.15) is 5.75 Å². The van der Waals surface area contributed by atoms with Crippen LogP contribution in [0.1, 0.15) is 29.5 Å². The Kier molecular flexibility index (Phi) is 4.09. The van der Waals surface area contributed by atoms with Gasteiger partial charge in [-0.2, -0.15) is 0 Å². The number of carbonyl (C=O) groups excluding carboxylic acids is 1. The van der Waals surface area contributed by atoms with Gasteiger partial charge in [-0.3, -0.25) is 4.90 Å². The second kappa shape index (κ2) is 6.41. The van der Waals surface area contributed by atoms with Gasteiger partial charge in [-0.25, -0.2) is 4.79 Å². The number of nitrogens with one attached hydrogen (secondary N) is 2. The van der Waals surface area contributed by atoms with Gasteiger partial charge in [-0.05, 0) is 43.3 Å². The van der Waals surface area contributed by atoms with E-state index < -0.39 is 0 Å². The monoisotopic (exact) mass is 337 g/mol. The molecule has 2 unspecified atom stereocenters. The molecule has 4 rings (SSSR count). The number of fused-ring (bicyclic) bond motifs is 2. The van der Waals surface area contributed by atoms with Crippen molar-refractivity contribution in [1.29, 1.82) is 0 Å². The quantitative estimate of drug-likeness (QED) is 0.903. The van der Waals surface area contributed by atoms with Gasteiger partial charge in [0.2, 0.25) is 0 Å². The first-order valence-corrected chi connectivity index (χ1v) is 8.70. The molecule has 0 bridgehead atoms. The zero-order valence-electron chi connectivity index (χ0n) is 14.6. The molecule has 2 N–H and O–H groups in total. The van der Waals surface area contributed by atoms with E-state index in [4.69, 9.17) is 4.74 Å². The fourth-order valence-electron chi connectivity index (χ4n) is 3.72. The fourth-order valence-corrected chi connectivity index (χ4v) is 3.72. The van der Waals surface area contributed by atoms with Crippen LogP contribution in [0.5, 0.6) is 5.75 Å². The molecular formula is C20H23N3O2. The second-order valence-electron chi connectivity index (χ2n) is 7.00. The topological polar surface area (TPSA) is 53.6 Å². The SMILES string of the molecule is CC(NC(=O)Nc1ccc2c(c1)CN(C)C2)C1COc2ccccc21. The average molecular weight is 337 g/mol. The predicted molar refractivity (Wildman–Crippen MR) is 97.9 cm³/mol. The van der Waals surface area contributed by atoms with Crippen molar-refractivity contribution in [3.8, 4) is 5.75 Å². The molecule has 0 spiro atoms. The van der Waals surface area contributed by atoms with E-state index in [1.165, 1.54) is 11.1 Å². The van der Waals surface area contributed by atoms with E-state index >= 15 is 0 Å². The van der Waals surface area contributed by atoms with Crippen molar-refractivity contribution in [3.63, 3.8) is 0 Å². The molecule has 0 aliphatic carbocycles. The highest BCUT2D eigenvalue weighted by atomic mass is 16.5. The maximum absolute atomic E-state index is 12.4. The average Bonchev–Trinajstić information content (AvgIpc) is 3.16. The summed E-state index contributed by atoms with van der Waals surface area (Å²) in [6.45, 7) is 4.53. The molecule has 2 amide bonds. The maximum Gasteiger partial charge on any atom is 0.319 e. The molecule has 2 heterocycles. The number of nitrogens with zero attached hydrogens (tertiary/aromatic N) is 1. The predicted octanol–water partition coefficient (Wildman–Crippen LogP) is 3.32. The molecule has 25 heavy (non-hydrogen) atoms. The molecule has 0 radical (unpaired) electrons. The minimum Gasteiger partial charge on any atom is -0.493 e. The van der Waals surface area contributed by atoms with Gasteiger partial charge in [-0.15, -0.1) is 0 Å². The van der Waals surface area contributed by atoms with Crippen LogP contribution in [0.15, 0.2) is 42.5 Å². The van der Waals surface area contributed by atoms with Crippen molar-refractivity contribution in [2.45, 2.75) is 32.0 Å². The van der Waals surface area contributed by atoms with E-state index in [1.54, 1.807) is 0 Å². The number of benzene rings is 2. The maximum atomic E-state index is 12.4. The zero-order chi connectivity index (χ0) is 17.4. The van der Waals surface area contributed by atoms with Gasteiger partial charge < -0.3 is 15.4 Å². The number of rotatable bonds is 3. The number of para-hydroxylation sites is 1. The zero-order valence-corrected chi connectivity index (χ0v) is 14.6. The van der Waals surface area contributed by atoms with Crippen molar-refractivity contribution in [3.05, 3.63) is 59.2 Å². The Morgan fingerprint density at radius 3 is 2.88 bits per heavy atom. The lowest BCUT2D eigenvalue weighted by atomic mass is 9.94. The number of hydrogen-bond acceptors (Lipinski definition) is 3. The minimum absolute atomic E-state index is 0.00999. The van der Waals surface area contributed by atoms with Gasteiger partial charge in [0.05, 0.1) is 6.61 Å². The molecule has 2 aliphatic rings. The number of anilines is 1. The third-order valence-corrected chi connectivity index (χ3v) is 5.04. The lowest BCUT2D eigenvalue weighted by Gasteiger charge is -2.20. The normalized spacial score (nSPS) is 19.7. The van der Waals surface area contributed by atoms with Crippen LogP contribution in [0.4, 0.5) is 10.5 Å². The van der Waals surface area contributed by atoms with E-state index in [0.29, 0.717) is 6.61 Å². The molecule has 2 atom stereocenters. The number of urea groups is 1. The smallest absolute Gasteiger partial charge is 0.319 e. The van der Waals surface area contributed by atoms with Crippen molar-refractivity contribution in [2.24, 2.45) is 0 Å². The highest BCUT2D eigenvalue weighted by Crippen LogP contribution is 2.35. The van der Waals surface area contributed by atoms with E-state index in [1.807, 2.05) is 31.2 Å². The van der Waals surface area contributed by atoms with Crippen molar-refractivity contribution < 1.29 is 9.53 Å².